The van der Waals surface area contributed by atoms with Crippen molar-refractivity contribution in [2.45, 2.75) is 12.0 Å². The summed E-state index contributed by atoms with van der Waals surface area (Å²) in [5.41, 5.74) is -0.938. The van der Waals surface area contributed by atoms with Crippen LogP contribution in [0.1, 0.15) is 16.1 Å². The van der Waals surface area contributed by atoms with E-state index in [2.05, 4.69) is 15.3 Å². The SMILES string of the molecule is CNc1cc(N2CC[C@](O)(CN(C)C(=O)c3cccs3)C2)ncn1. The Morgan fingerprint density at radius 2 is 2.38 bits per heavy atom. The van der Waals surface area contributed by atoms with Crippen molar-refractivity contribution in [1.29, 1.82) is 0 Å². The number of anilines is 2. The molecule has 3 rings (SSSR count). The summed E-state index contributed by atoms with van der Waals surface area (Å²) in [6.07, 6.45) is 2.10. The molecule has 2 aromatic heterocycles. The van der Waals surface area contributed by atoms with Gasteiger partial charge in [-0.2, -0.15) is 0 Å². The lowest BCUT2D eigenvalue weighted by Gasteiger charge is -2.29. The van der Waals surface area contributed by atoms with Crippen molar-refractivity contribution in [2.75, 3.05) is 43.9 Å². The standard InChI is InChI=1S/C16H21N5O2S/c1-17-13-8-14(19-11-18-13)21-6-5-16(23,10-21)9-20(2)15(22)12-4-3-7-24-12/h3-4,7-8,11,23H,5-6,9-10H2,1-2H3,(H,17,18,19)/t16-/m0/s1. The number of thiophene rings is 1. The summed E-state index contributed by atoms with van der Waals surface area (Å²) in [5, 5.41) is 15.7. The lowest BCUT2D eigenvalue weighted by atomic mass is 10.0. The maximum atomic E-state index is 12.4. The van der Waals surface area contributed by atoms with Crippen LogP contribution in [0, 0.1) is 0 Å². The average molecular weight is 347 g/mol. The zero-order valence-corrected chi connectivity index (χ0v) is 14.6. The molecule has 0 aromatic carbocycles. The average Bonchev–Trinajstić information content (AvgIpc) is 3.24. The number of aromatic nitrogens is 2. The fourth-order valence-corrected chi connectivity index (χ4v) is 3.66. The fourth-order valence-electron chi connectivity index (χ4n) is 2.94. The highest BCUT2D eigenvalue weighted by Gasteiger charge is 2.38. The molecule has 0 spiro atoms. The van der Waals surface area contributed by atoms with Crippen LogP contribution >= 0.6 is 11.3 Å². The van der Waals surface area contributed by atoms with Crippen LogP contribution in [-0.4, -0.2) is 65.2 Å². The molecule has 8 heteroatoms. The first kappa shape index (κ1) is 16.7. The monoisotopic (exact) mass is 347 g/mol. The highest BCUT2D eigenvalue weighted by Crippen LogP contribution is 2.27. The van der Waals surface area contributed by atoms with Gasteiger partial charge in [-0.1, -0.05) is 6.07 Å². The molecule has 2 N–H and O–H groups in total. The molecule has 2 aromatic rings. The van der Waals surface area contributed by atoms with E-state index in [1.54, 1.807) is 25.1 Å². The van der Waals surface area contributed by atoms with Crippen LogP contribution in [-0.2, 0) is 0 Å². The minimum atomic E-state index is -0.938. The molecule has 0 saturated carbocycles. The van der Waals surface area contributed by atoms with Crippen LogP contribution < -0.4 is 10.2 Å². The van der Waals surface area contributed by atoms with E-state index < -0.39 is 5.60 Å². The van der Waals surface area contributed by atoms with Crippen molar-refractivity contribution >= 4 is 28.9 Å². The third kappa shape index (κ3) is 3.49. The highest BCUT2D eigenvalue weighted by atomic mass is 32.1. The number of nitrogens with one attached hydrogen (secondary N) is 1. The van der Waals surface area contributed by atoms with Gasteiger partial charge in [0.05, 0.1) is 11.4 Å². The molecule has 7 nitrogen and oxygen atoms in total. The molecule has 1 aliphatic heterocycles. The second-order valence-corrected chi connectivity index (χ2v) is 6.99. The zero-order valence-electron chi connectivity index (χ0n) is 13.8. The first-order valence-corrected chi connectivity index (χ1v) is 8.65. The van der Waals surface area contributed by atoms with E-state index in [9.17, 15) is 9.90 Å². The van der Waals surface area contributed by atoms with Crippen LogP contribution in [0.3, 0.4) is 0 Å². The Kier molecular flexibility index (Phi) is 4.68. The summed E-state index contributed by atoms with van der Waals surface area (Å²) in [4.78, 5) is 25.0. The van der Waals surface area contributed by atoms with E-state index in [1.807, 2.05) is 22.4 Å². The summed E-state index contributed by atoms with van der Waals surface area (Å²) >= 11 is 1.41. The molecule has 3 heterocycles. The number of likely N-dealkylation sites (N-methyl/N-ethyl adjacent to an activating group) is 1. The topological polar surface area (TPSA) is 81.6 Å². The largest absolute Gasteiger partial charge is 0.386 e. The maximum Gasteiger partial charge on any atom is 0.263 e. The Bertz CT molecular complexity index is 708. The number of aliphatic hydroxyl groups is 1. The van der Waals surface area contributed by atoms with Crippen molar-refractivity contribution in [1.82, 2.24) is 14.9 Å². The van der Waals surface area contributed by atoms with Gasteiger partial charge in [0.2, 0.25) is 0 Å². The van der Waals surface area contributed by atoms with E-state index in [0.717, 1.165) is 11.6 Å². The summed E-state index contributed by atoms with van der Waals surface area (Å²) in [6, 6.07) is 5.51. The molecule has 1 aliphatic rings. The number of β-amino-alcohol motifs (C(OH)–C–C–N with tert-alkyl or cyclic N) is 1. The molecule has 1 atom stereocenters. The summed E-state index contributed by atoms with van der Waals surface area (Å²) in [6.45, 7) is 1.43. The summed E-state index contributed by atoms with van der Waals surface area (Å²) in [5.74, 6) is 1.45. The van der Waals surface area contributed by atoms with Gasteiger partial charge in [0.15, 0.2) is 0 Å². The zero-order chi connectivity index (χ0) is 17.2. The van der Waals surface area contributed by atoms with Gasteiger partial charge >= 0.3 is 0 Å². The van der Waals surface area contributed by atoms with E-state index in [-0.39, 0.29) is 5.91 Å². The van der Waals surface area contributed by atoms with Crippen LogP contribution in [0.15, 0.2) is 29.9 Å². The normalized spacial score (nSPS) is 20.2. The molecule has 128 valence electrons. The van der Waals surface area contributed by atoms with Gasteiger partial charge in [-0.15, -0.1) is 11.3 Å². The van der Waals surface area contributed by atoms with Crippen molar-refractivity contribution < 1.29 is 9.90 Å². The first-order chi connectivity index (χ1) is 11.5. The molecular weight excluding hydrogens is 326 g/mol. The van der Waals surface area contributed by atoms with Gasteiger partial charge in [0.1, 0.15) is 23.6 Å². The van der Waals surface area contributed by atoms with Crippen molar-refractivity contribution in [2.24, 2.45) is 0 Å². The van der Waals surface area contributed by atoms with Gasteiger partial charge in [-0.05, 0) is 17.9 Å². The Morgan fingerprint density at radius 1 is 1.54 bits per heavy atom. The number of amides is 1. The third-order valence-corrected chi connectivity index (χ3v) is 5.03. The molecule has 1 saturated heterocycles. The predicted octanol–water partition coefficient (Wildman–Crippen LogP) is 1.29. The van der Waals surface area contributed by atoms with Crippen LogP contribution in [0.5, 0.6) is 0 Å². The minimum Gasteiger partial charge on any atom is -0.386 e. The number of rotatable bonds is 5. The molecule has 0 unspecified atom stereocenters. The van der Waals surface area contributed by atoms with Gasteiger partial charge < -0.3 is 20.2 Å². The minimum absolute atomic E-state index is 0.0589. The Hall–Kier alpha value is -2.19. The molecule has 0 bridgehead atoms. The summed E-state index contributed by atoms with van der Waals surface area (Å²) in [7, 11) is 3.53. The van der Waals surface area contributed by atoms with Gasteiger partial charge in [-0.3, -0.25) is 4.79 Å². The van der Waals surface area contributed by atoms with Gasteiger partial charge in [0, 0.05) is 33.3 Å². The number of hydrogen-bond acceptors (Lipinski definition) is 7. The lowest BCUT2D eigenvalue weighted by molar-refractivity contribution is 0.0266. The van der Waals surface area contributed by atoms with E-state index in [1.165, 1.54) is 17.7 Å². The molecule has 1 amide bonds. The number of carbonyl (C=O) groups excluding carboxylic acids is 1. The highest BCUT2D eigenvalue weighted by molar-refractivity contribution is 7.12. The van der Waals surface area contributed by atoms with Crippen LogP contribution in [0.2, 0.25) is 0 Å². The number of carbonyl (C=O) groups is 1. The molecule has 0 aliphatic carbocycles. The van der Waals surface area contributed by atoms with E-state index in [4.69, 9.17) is 0 Å². The molecular formula is C16H21N5O2S. The van der Waals surface area contributed by atoms with Crippen LogP contribution in [0.25, 0.3) is 0 Å². The Labute approximate surface area is 145 Å². The molecule has 1 fully saturated rings. The fraction of sp³-hybridized carbons (Fsp3) is 0.438. The van der Waals surface area contributed by atoms with Crippen molar-refractivity contribution in [3.63, 3.8) is 0 Å². The maximum absolute atomic E-state index is 12.4. The lowest BCUT2D eigenvalue weighted by Crippen LogP contribution is -2.45. The smallest absolute Gasteiger partial charge is 0.263 e. The number of hydrogen-bond donors (Lipinski definition) is 2. The predicted molar refractivity (Wildman–Crippen MR) is 94.6 cm³/mol. The third-order valence-electron chi connectivity index (χ3n) is 4.18. The van der Waals surface area contributed by atoms with Gasteiger partial charge in [-0.25, -0.2) is 9.97 Å². The van der Waals surface area contributed by atoms with Crippen molar-refractivity contribution in [3.8, 4) is 0 Å². The van der Waals surface area contributed by atoms with E-state index in [0.29, 0.717) is 30.9 Å². The Balaban J connectivity index is 1.65. The number of nitrogens with zero attached hydrogens (tertiary/aromatic N) is 4. The van der Waals surface area contributed by atoms with E-state index >= 15 is 0 Å². The second-order valence-electron chi connectivity index (χ2n) is 6.05. The molecule has 24 heavy (non-hydrogen) atoms. The Morgan fingerprint density at radius 3 is 3.08 bits per heavy atom. The van der Waals surface area contributed by atoms with Crippen LogP contribution in [0.4, 0.5) is 11.6 Å². The summed E-state index contributed by atoms with van der Waals surface area (Å²) < 4.78 is 0. The first-order valence-electron chi connectivity index (χ1n) is 7.77. The van der Waals surface area contributed by atoms with Gasteiger partial charge in [0.25, 0.3) is 5.91 Å². The van der Waals surface area contributed by atoms with Crippen molar-refractivity contribution in [3.05, 3.63) is 34.8 Å². The quantitative estimate of drug-likeness (QED) is 0.848. The second kappa shape index (κ2) is 6.74. The molecule has 0 radical (unpaired) electrons.